The molecular weight excluding hydrogens is 345 g/mol. The van der Waals surface area contributed by atoms with Gasteiger partial charge in [0.05, 0.1) is 17.7 Å². The summed E-state index contributed by atoms with van der Waals surface area (Å²) in [6.07, 6.45) is -3.50. The maximum absolute atomic E-state index is 12.0. The lowest BCUT2D eigenvalue weighted by Crippen LogP contribution is -2.34. The number of aromatic nitrogens is 2. The van der Waals surface area contributed by atoms with Gasteiger partial charge in [-0.25, -0.2) is 9.97 Å². The van der Waals surface area contributed by atoms with Crippen molar-refractivity contribution in [1.82, 2.24) is 15.3 Å². The summed E-state index contributed by atoms with van der Waals surface area (Å²) in [6.45, 7) is 0.151. The summed E-state index contributed by atoms with van der Waals surface area (Å²) in [7, 11) is 0. The molecule has 0 spiro atoms. The number of carbonyl (C=O) groups excluding carboxylic acids is 1. The van der Waals surface area contributed by atoms with E-state index in [4.69, 9.17) is 5.26 Å². The summed E-state index contributed by atoms with van der Waals surface area (Å²) < 4.78 is 36.1. The van der Waals surface area contributed by atoms with Crippen LogP contribution in [0, 0.1) is 18.3 Å². The quantitative estimate of drug-likeness (QED) is 0.876. The van der Waals surface area contributed by atoms with Gasteiger partial charge in [0, 0.05) is 17.1 Å². The highest BCUT2D eigenvalue weighted by Crippen LogP contribution is 2.33. The molecule has 0 aromatic carbocycles. The molecule has 0 radical (unpaired) electrons. The van der Waals surface area contributed by atoms with E-state index in [-0.39, 0.29) is 29.1 Å². The van der Waals surface area contributed by atoms with Crippen LogP contribution in [0.25, 0.3) is 10.7 Å². The molecule has 1 amide bonds. The summed E-state index contributed by atoms with van der Waals surface area (Å²) in [5.74, 6) is -1.01. The Morgan fingerprint density at radius 3 is 2.83 bits per heavy atom. The molecule has 0 saturated carbocycles. The van der Waals surface area contributed by atoms with E-state index in [2.05, 4.69) is 9.97 Å². The third-order valence-corrected chi connectivity index (χ3v) is 3.91. The fourth-order valence-electron chi connectivity index (χ4n) is 1.78. The van der Waals surface area contributed by atoms with E-state index in [9.17, 15) is 23.1 Å². The lowest BCUT2D eigenvalue weighted by Gasteiger charge is -2.07. The molecule has 126 valence electrons. The summed E-state index contributed by atoms with van der Waals surface area (Å²) in [5, 5.41) is 22.5. The lowest BCUT2D eigenvalue weighted by atomic mass is 10.1. The van der Waals surface area contributed by atoms with Gasteiger partial charge in [0.15, 0.2) is 0 Å². The van der Waals surface area contributed by atoms with E-state index in [0.717, 1.165) is 11.3 Å². The number of hydrogen-bond donors (Lipinski definition) is 2. The fourth-order valence-corrected chi connectivity index (χ4v) is 2.60. The molecule has 2 heterocycles. The van der Waals surface area contributed by atoms with Crippen LogP contribution in [0.2, 0.25) is 0 Å². The minimum absolute atomic E-state index is 0.151. The molecule has 0 bridgehead atoms. The van der Waals surface area contributed by atoms with Crippen molar-refractivity contribution >= 4 is 17.2 Å². The minimum Gasteiger partial charge on any atom is -0.505 e. The first-order chi connectivity index (χ1) is 11.2. The predicted molar refractivity (Wildman–Crippen MR) is 79.2 cm³/mol. The summed E-state index contributed by atoms with van der Waals surface area (Å²) in [4.78, 5) is 19.5. The van der Waals surface area contributed by atoms with Gasteiger partial charge in [0.1, 0.15) is 29.1 Å². The number of aromatic hydroxyl groups is 1. The molecule has 0 fully saturated rings. The van der Waals surface area contributed by atoms with Crippen molar-refractivity contribution in [1.29, 1.82) is 5.26 Å². The number of thiazole rings is 1. The third kappa shape index (κ3) is 4.20. The number of nitrogens with one attached hydrogen (secondary N) is 1. The zero-order valence-corrected chi connectivity index (χ0v) is 13.1. The van der Waals surface area contributed by atoms with Gasteiger partial charge < -0.3 is 10.4 Å². The maximum Gasteiger partial charge on any atom is 0.405 e. The van der Waals surface area contributed by atoms with Crippen LogP contribution >= 0.6 is 11.3 Å². The van der Waals surface area contributed by atoms with Gasteiger partial charge >= 0.3 is 6.18 Å². The monoisotopic (exact) mass is 356 g/mol. The van der Waals surface area contributed by atoms with Crippen LogP contribution in [-0.4, -0.2) is 33.7 Å². The van der Waals surface area contributed by atoms with Gasteiger partial charge in [-0.05, 0) is 6.92 Å². The zero-order valence-electron chi connectivity index (χ0n) is 12.3. The number of pyridine rings is 1. The Balaban J connectivity index is 2.13. The molecule has 2 rings (SSSR count). The number of alkyl halides is 3. The summed E-state index contributed by atoms with van der Waals surface area (Å²) in [5.41, 5.74) is 0.984. The van der Waals surface area contributed by atoms with Crippen molar-refractivity contribution < 1.29 is 23.1 Å². The van der Waals surface area contributed by atoms with Crippen LogP contribution < -0.4 is 5.32 Å². The average Bonchev–Trinajstić information content (AvgIpc) is 2.95. The molecule has 24 heavy (non-hydrogen) atoms. The van der Waals surface area contributed by atoms with E-state index < -0.39 is 18.6 Å². The average molecular weight is 356 g/mol. The number of hydrogen-bond acceptors (Lipinski definition) is 6. The standard InChI is InChI=1S/C14H11F3N4O2S/c1-7-8(3-18)4-19-11(12(7)23)13-21-9(5-24-13)2-10(22)20-6-14(15,16)17/h4-5,23H,2,6H2,1H3,(H,20,22). The van der Waals surface area contributed by atoms with Crippen molar-refractivity contribution in [2.45, 2.75) is 19.5 Å². The van der Waals surface area contributed by atoms with Crippen molar-refractivity contribution in [3.05, 3.63) is 28.4 Å². The topological polar surface area (TPSA) is 98.9 Å². The molecule has 2 aromatic rings. The van der Waals surface area contributed by atoms with Crippen molar-refractivity contribution in [2.75, 3.05) is 6.54 Å². The van der Waals surface area contributed by atoms with Gasteiger partial charge in [0.25, 0.3) is 0 Å². The van der Waals surface area contributed by atoms with Gasteiger partial charge in [-0.3, -0.25) is 4.79 Å². The first-order valence-corrected chi connectivity index (χ1v) is 7.46. The van der Waals surface area contributed by atoms with Crippen LogP contribution in [-0.2, 0) is 11.2 Å². The van der Waals surface area contributed by atoms with Gasteiger partial charge in [0.2, 0.25) is 5.91 Å². The highest BCUT2D eigenvalue weighted by Gasteiger charge is 2.27. The predicted octanol–water partition coefficient (Wildman–Crippen LogP) is 2.31. The maximum atomic E-state index is 12.0. The van der Waals surface area contributed by atoms with Crippen molar-refractivity contribution in [2.24, 2.45) is 0 Å². The Labute approximate surface area is 138 Å². The largest absolute Gasteiger partial charge is 0.505 e. The number of nitriles is 1. The molecule has 2 N–H and O–H groups in total. The zero-order chi connectivity index (χ0) is 17.9. The second kappa shape index (κ2) is 6.84. The number of halogens is 3. The number of amides is 1. The molecule has 2 aromatic heterocycles. The van der Waals surface area contributed by atoms with E-state index >= 15 is 0 Å². The van der Waals surface area contributed by atoms with Crippen LogP contribution in [0.1, 0.15) is 16.8 Å². The number of carbonyl (C=O) groups is 1. The van der Waals surface area contributed by atoms with Crippen LogP contribution in [0.5, 0.6) is 5.75 Å². The van der Waals surface area contributed by atoms with E-state index in [1.165, 1.54) is 11.6 Å². The van der Waals surface area contributed by atoms with E-state index in [1.54, 1.807) is 12.2 Å². The number of rotatable bonds is 4. The Morgan fingerprint density at radius 2 is 2.21 bits per heavy atom. The molecule has 0 aliphatic carbocycles. The Bertz CT molecular complexity index is 811. The van der Waals surface area contributed by atoms with Gasteiger partial charge in [-0.2, -0.15) is 18.4 Å². The first-order valence-electron chi connectivity index (χ1n) is 6.58. The lowest BCUT2D eigenvalue weighted by molar-refractivity contribution is -0.138. The molecule has 0 unspecified atom stereocenters. The third-order valence-electron chi connectivity index (χ3n) is 3.01. The number of nitrogens with zero attached hydrogens (tertiary/aromatic N) is 3. The fraction of sp³-hybridized carbons (Fsp3) is 0.286. The molecule has 10 heteroatoms. The molecular formula is C14H11F3N4O2S. The summed E-state index contributed by atoms with van der Waals surface area (Å²) in [6, 6.07) is 1.89. The normalized spacial score (nSPS) is 11.1. The smallest absolute Gasteiger partial charge is 0.405 e. The van der Waals surface area contributed by atoms with Gasteiger partial charge in [-0.1, -0.05) is 0 Å². The molecule has 0 aliphatic heterocycles. The summed E-state index contributed by atoms with van der Waals surface area (Å²) >= 11 is 1.09. The van der Waals surface area contributed by atoms with E-state index in [1.807, 2.05) is 6.07 Å². The molecule has 6 nitrogen and oxygen atoms in total. The van der Waals surface area contributed by atoms with Crippen molar-refractivity contribution in [3.63, 3.8) is 0 Å². The molecule has 0 saturated heterocycles. The highest BCUT2D eigenvalue weighted by molar-refractivity contribution is 7.13. The second-order valence-corrected chi connectivity index (χ2v) is 5.68. The molecule has 0 aliphatic rings. The first kappa shape index (κ1) is 17.7. The van der Waals surface area contributed by atoms with Gasteiger partial charge in [-0.15, -0.1) is 11.3 Å². The Hall–Kier alpha value is -2.67. The minimum atomic E-state index is -4.47. The highest BCUT2D eigenvalue weighted by atomic mass is 32.1. The second-order valence-electron chi connectivity index (χ2n) is 4.82. The van der Waals surface area contributed by atoms with Crippen LogP contribution in [0.15, 0.2) is 11.6 Å². The van der Waals surface area contributed by atoms with Crippen molar-refractivity contribution in [3.8, 4) is 22.5 Å². The molecule has 0 atom stereocenters. The Kier molecular flexibility index (Phi) is 5.04. The Morgan fingerprint density at radius 1 is 1.50 bits per heavy atom. The van der Waals surface area contributed by atoms with Crippen LogP contribution in [0.4, 0.5) is 13.2 Å². The van der Waals surface area contributed by atoms with E-state index in [0.29, 0.717) is 10.6 Å². The SMILES string of the molecule is Cc1c(C#N)cnc(-c2nc(CC(=O)NCC(F)(F)F)cs2)c1O. The van der Waals surface area contributed by atoms with Crippen LogP contribution in [0.3, 0.4) is 0 Å².